The first-order valence-electron chi connectivity index (χ1n) is 9.03. The fourth-order valence-electron chi connectivity index (χ4n) is 4.89. The first kappa shape index (κ1) is 16.2. The zero-order valence-electron chi connectivity index (χ0n) is 14.9. The standard InChI is InChI=1S/C21H25NO3/c1-22(17-5-3-16-14-18(23)6-4-15(16)13-17)21-10-7-20(8-11-21,9-12-21)19(24)25-2/h3-6,13-14,23H,7-12H2,1-2H3. The number of esters is 1. The molecule has 0 heterocycles. The molecule has 0 radical (unpaired) electrons. The first-order valence-corrected chi connectivity index (χ1v) is 9.03. The molecule has 2 aromatic rings. The maximum absolute atomic E-state index is 12.2. The van der Waals surface area contributed by atoms with E-state index in [1.807, 2.05) is 6.07 Å². The molecule has 3 aliphatic rings. The van der Waals surface area contributed by atoms with Crippen LogP contribution in [0.5, 0.6) is 5.75 Å². The lowest BCUT2D eigenvalue weighted by molar-refractivity contribution is -0.159. The van der Waals surface area contributed by atoms with Crippen LogP contribution in [0.2, 0.25) is 0 Å². The number of phenolic OH excluding ortho intramolecular Hbond substituents is 1. The van der Waals surface area contributed by atoms with Crippen LogP contribution in [0.15, 0.2) is 36.4 Å². The van der Waals surface area contributed by atoms with Crippen molar-refractivity contribution in [2.45, 2.75) is 44.1 Å². The predicted octanol–water partition coefficient (Wildman–Crippen LogP) is 4.25. The van der Waals surface area contributed by atoms with E-state index in [-0.39, 0.29) is 16.9 Å². The Bertz CT molecular complexity index is 804. The van der Waals surface area contributed by atoms with E-state index in [4.69, 9.17) is 4.74 Å². The highest BCUT2D eigenvalue weighted by Gasteiger charge is 2.54. The van der Waals surface area contributed by atoms with Gasteiger partial charge in [-0.2, -0.15) is 0 Å². The van der Waals surface area contributed by atoms with Gasteiger partial charge in [-0.05, 0) is 73.6 Å². The van der Waals surface area contributed by atoms with Crippen molar-refractivity contribution in [3.8, 4) is 5.75 Å². The van der Waals surface area contributed by atoms with Crippen molar-refractivity contribution in [3.63, 3.8) is 0 Å². The number of carbonyl (C=O) groups is 1. The van der Waals surface area contributed by atoms with E-state index in [0.717, 1.165) is 49.3 Å². The summed E-state index contributed by atoms with van der Waals surface area (Å²) in [4.78, 5) is 14.6. The van der Waals surface area contributed by atoms with Crippen LogP contribution in [0.1, 0.15) is 38.5 Å². The van der Waals surface area contributed by atoms with Crippen LogP contribution in [-0.4, -0.2) is 30.8 Å². The average Bonchev–Trinajstić information content (AvgIpc) is 2.67. The highest BCUT2D eigenvalue weighted by Crippen LogP contribution is 2.55. The Balaban J connectivity index is 1.61. The molecule has 0 atom stereocenters. The van der Waals surface area contributed by atoms with Gasteiger partial charge in [0, 0.05) is 18.3 Å². The molecule has 0 amide bonds. The monoisotopic (exact) mass is 339 g/mol. The van der Waals surface area contributed by atoms with Crippen molar-refractivity contribution in [2.24, 2.45) is 5.41 Å². The molecule has 25 heavy (non-hydrogen) atoms. The van der Waals surface area contributed by atoms with Crippen LogP contribution >= 0.6 is 0 Å². The summed E-state index contributed by atoms with van der Waals surface area (Å²) in [6.45, 7) is 0. The fraction of sp³-hybridized carbons (Fsp3) is 0.476. The van der Waals surface area contributed by atoms with Gasteiger partial charge in [0.2, 0.25) is 0 Å². The Morgan fingerprint density at radius 1 is 1.00 bits per heavy atom. The number of benzene rings is 2. The molecule has 3 fully saturated rings. The summed E-state index contributed by atoms with van der Waals surface area (Å²) >= 11 is 0. The largest absolute Gasteiger partial charge is 0.508 e. The number of anilines is 1. The van der Waals surface area contributed by atoms with Gasteiger partial charge in [0.05, 0.1) is 12.5 Å². The summed E-state index contributed by atoms with van der Waals surface area (Å²) in [6, 6.07) is 11.9. The minimum atomic E-state index is -0.238. The van der Waals surface area contributed by atoms with Crippen molar-refractivity contribution in [1.29, 1.82) is 0 Å². The summed E-state index contributed by atoms with van der Waals surface area (Å²) in [7, 11) is 3.69. The molecule has 0 aromatic heterocycles. The van der Waals surface area contributed by atoms with Gasteiger partial charge in [0.15, 0.2) is 0 Å². The molecular formula is C21H25NO3. The van der Waals surface area contributed by atoms with E-state index in [1.54, 1.807) is 12.1 Å². The first-order chi connectivity index (χ1) is 12.0. The summed E-state index contributed by atoms with van der Waals surface area (Å²) in [5.74, 6) is 0.278. The second kappa shape index (κ2) is 5.65. The second-order valence-electron chi connectivity index (χ2n) is 7.77. The quantitative estimate of drug-likeness (QED) is 0.850. The number of ether oxygens (including phenoxy) is 1. The third-order valence-corrected chi connectivity index (χ3v) is 6.73. The molecule has 2 bridgehead atoms. The van der Waals surface area contributed by atoms with Crippen LogP contribution in [0.4, 0.5) is 5.69 Å². The highest BCUT2D eigenvalue weighted by atomic mass is 16.5. The highest BCUT2D eigenvalue weighted by molar-refractivity contribution is 5.87. The summed E-state index contributed by atoms with van der Waals surface area (Å²) < 4.78 is 5.07. The van der Waals surface area contributed by atoms with E-state index in [1.165, 1.54) is 12.8 Å². The topological polar surface area (TPSA) is 49.8 Å². The summed E-state index contributed by atoms with van der Waals surface area (Å²) in [5, 5.41) is 11.8. The van der Waals surface area contributed by atoms with E-state index in [2.05, 4.69) is 30.1 Å². The van der Waals surface area contributed by atoms with Crippen molar-refractivity contribution in [3.05, 3.63) is 36.4 Å². The Morgan fingerprint density at radius 2 is 1.60 bits per heavy atom. The maximum atomic E-state index is 12.2. The third-order valence-electron chi connectivity index (χ3n) is 6.73. The zero-order chi connectivity index (χ0) is 17.7. The molecule has 0 saturated heterocycles. The molecule has 0 unspecified atom stereocenters. The number of methoxy groups -OCH3 is 1. The van der Waals surface area contributed by atoms with Gasteiger partial charge in [-0.3, -0.25) is 4.79 Å². The van der Waals surface area contributed by atoms with Gasteiger partial charge in [-0.15, -0.1) is 0 Å². The molecule has 5 rings (SSSR count). The smallest absolute Gasteiger partial charge is 0.311 e. The number of carbonyl (C=O) groups excluding carboxylic acids is 1. The van der Waals surface area contributed by atoms with Crippen LogP contribution < -0.4 is 4.90 Å². The molecule has 3 aliphatic carbocycles. The predicted molar refractivity (Wildman–Crippen MR) is 98.9 cm³/mol. The Hall–Kier alpha value is -2.23. The second-order valence-corrected chi connectivity index (χ2v) is 7.77. The lowest BCUT2D eigenvalue weighted by Crippen LogP contribution is -2.57. The molecular weight excluding hydrogens is 314 g/mol. The number of rotatable bonds is 3. The fourth-order valence-corrected chi connectivity index (χ4v) is 4.89. The molecule has 132 valence electrons. The van der Waals surface area contributed by atoms with Crippen molar-refractivity contribution in [2.75, 3.05) is 19.1 Å². The van der Waals surface area contributed by atoms with E-state index in [9.17, 15) is 9.90 Å². The van der Waals surface area contributed by atoms with Crippen LogP contribution in [-0.2, 0) is 9.53 Å². The van der Waals surface area contributed by atoms with Gasteiger partial charge >= 0.3 is 5.97 Å². The van der Waals surface area contributed by atoms with Gasteiger partial charge < -0.3 is 14.7 Å². The number of aromatic hydroxyl groups is 1. The number of hydrogen-bond acceptors (Lipinski definition) is 4. The van der Waals surface area contributed by atoms with Crippen molar-refractivity contribution < 1.29 is 14.6 Å². The Morgan fingerprint density at radius 3 is 2.24 bits per heavy atom. The van der Waals surface area contributed by atoms with Crippen molar-refractivity contribution >= 4 is 22.4 Å². The minimum Gasteiger partial charge on any atom is -0.508 e. The lowest BCUT2D eigenvalue weighted by Gasteiger charge is -2.56. The van der Waals surface area contributed by atoms with Crippen LogP contribution in [0.25, 0.3) is 10.8 Å². The van der Waals surface area contributed by atoms with Gasteiger partial charge in [0.25, 0.3) is 0 Å². The number of hydrogen-bond donors (Lipinski definition) is 1. The Kier molecular flexibility index (Phi) is 3.67. The number of fused-ring (bicyclic) bond motifs is 4. The third kappa shape index (κ3) is 2.46. The molecule has 2 aromatic carbocycles. The Labute approximate surface area is 148 Å². The number of nitrogens with zero attached hydrogens (tertiary/aromatic N) is 1. The molecule has 4 nitrogen and oxygen atoms in total. The minimum absolute atomic E-state index is 0.0195. The van der Waals surface area contributed by atoms with E-state index in [0.29, 0.717) is 5.75 Å². The van der Waals surface area contributed by atoms with Gasteiger partial charge in [0.1, 0.15) is 5.75 Å². The molecule has 0 aliphatic heterocycles. The van der Waals surface area contributed by atoms with E-state index >= 15 is 0 Å². The maximum Gasteiger partial charge on any atom is 0.311 e. The average molecular weight is 339 g/mol. The molecule has 1 N–H and O–H groups in total. The molecule has 0 spiro atoms. The van der Waals surface area contributed by atoms with Crippen LogP contribution in [0, 0.1) is 5.41 Å². The van der Waals surface area contributed by atoms with E-state index < -0.39 is 0 Å². The van der Waals surface area contributed by atoms with Gasteiger partial charge in [-0.25, -0.2) is 0 Å². The normalized spacial score (nSPS) is 28.1. The zero-order valence-corrected chi connectivity index (χ0v) is 14.9. The summed E-state index contributed by atoms with van der Waals surface area (Å²) in [6.07, 6.45) is 5.87. The molecule has 4 heteroatoms. The number of phenols is 1. The SMILES string of the molecule is COC(=O)C12CCC(N(C)c3ccc4cc(O)ccc4c3)(CC1)CC2. The molecule has 3 saturated carbocycles. The van der Waals surface area contributed by atoms with Gasteiger partial charge in [-0.1, -0.05) is 12.1 Å². The van der Waals surface area contributed by atoms with Crippen molar-refractivity contribution in [1.82, 2.24) is 0 Å². The summed E-state index contributed by atoms with van der Waals surface area (Å²) in [5.41, 5.74) is 1.10. The van der Waals surface area contributed by atoms with Crippen LogP contribution in [0.3, 0.4) is 0 Å². The lowest BCUT2D eigenvalue weighted by atomic mass is 9.56.